The molecule has 1 aromatic heterocycles. The minimum absolute atomic E-state index is 0.166. The second-order valence-electron chi connectivity index (χ2n) is 5.50. The number of nitrogens with zero attached hydrogens (tertiary/aromatic N) is 3. The van der Waals surface area contributed by atoms with Crippen LogP contribution in [-0.2, 0) is 4.79 Å². The highest BCUT2D eigenvalue weighted by Crippen LogP contribution is 2.15. The van der Waals surface area contributed by atoms with E-state index in [9.17, 15) is 9.59 Å². The summed E-state index contributed by atoms with van der Waals surface area (Å²) < 4.78 is 1.68. The third-order valence-corrected chi connectivity index (χ3v) is 3.80. The van der Waals surface area contributed by atoms with Crippen molar-refractivity contribution in [3.05, 3.63) is 47.8 Å². The predicted molar refractivity (Wildman–Crippen MR) is 86.7 cm³/mol. The molecule has 1 atom stereocenters. The van der Waals surface area contributed by atoms with Crippen molar-refractivity contribution in [1.82, 2.24) is 14.7 Å². The number of hydrogen-bond acceptors (Lipinski definition) is 3. The van der Waals surface area contributed by atoms with Gasteiger partial charge >= 0.3 is 5.97 Å². The van der Waals surface area contributed by atoms with Gasteiger partial charge in [-0.2, -0.15) is 5.10 Å². The van der Waals surface area contributed by atoms with Gasteiger partial charge in [0.25, 0.3) is 5.91 Å². The van der Waals surface area contributed by atoms with Gasteiger partial charge < -0.3 is 10.0 Å². The molecular weight excluding hydrogens is 294 g/mol. The van der Waals surface area contributed by atoms with Crippen LogP contribution in [0.5, 0.6) is 0 Å². The van der Waals surface area contributed by atoms with E-state index in [0.717, 1.165) is 11.4 Å². The molecule has 122 valence electrons. The van der Waals surface area contributed by atoms with E-state index in [2.05, 4.69) is 5.10 Å². The Labute approximate surface area is 135 Å². The zero-order valence-corrected chi connectivity index (χ0v) is 13.6. The van der Waals surface area contributed by atoms with Gasteiger partial charge in [-0.25, -0.2) is 4.68 Å². The largest absolute Gasteiger partial charge is 0.480 e. The molecule has 1 aromatic carbocycles. The van der Waals surface area contributed by atoms with Crippen LogP contribution in [0, 0.1) is 6.92 Å². The van der Waals surface area contributed by atoms with Crippen LogP contribution in [0.1, 0.15) is 36.5 Å². The molecule has 6 nitrogen and oxygen atoms in total. The fraction of sp³-hybridized carbons (Fsp3) is 0.353. The molecule has 2 aromatic rings. The Morgan fingerprint density at radius 2 is 1.96 bits per heavy atom. The summed E-state index contributed by atoms with van der Waals surface area (Å²) in [7, 11) is 0. The summed E-state index contributed by atoms with van der Waals surface area (Å²) in [5, 5.41) is 13.4. The lowest BCUT2D eigenvalue weighted by molar-refractivity contribution is -0.138. The van der Waals surface area contributed by atoms with Crippen molar-refractivity contribution >= 4 is 11.9 Å². The number of benzene rings is 1. The second-order valence-corrected chi connectivity index (χ2v) is 5.50. The van der Waals surface area contributed by atoms with E-state index in [1.54, 1.807) is 10.7 Å². The number of rotatable bonds is 6. The van der Waals surface area contributed by atoms with Crippen molar-refractivity contribution in [2.45, 2.75) is 33.2 Å². The van der Waals surface area contributed by atoms with Gasteiger partial charge in [0.2, 0.25) is 0 Å². The Balaban J connectivity index is 2.33. The summed E-state index contributed by atoms with van der Waals surface area (Å²) in [6.07, 6.45) is 0.678. The van der Waals surface area contributed by atoms with Gasteiger partial charge in [0.05, 0.1) is 5.69 Å². The van der Waals surface area contributed by atoms with E-state index in [-0.39, 0.29) is 24.2 Å². The SMILES string of the molecule is CCC(C)N(CC(=O)O)C(=O)c1cc(C)n(-c2ccccc2)n1. The lowest BCUT2D eigenvalue weighted by Crippen LogP contribution is -2.42. The van der Waals surface area contributed by atoms with Crippen molar-refractivity contribution in [1.29, 1.82) is 0 Å². The zero-order chi connectivity index (χ0) is 17.0. The molecule has 0 aliphatic heterocycles. The van der Waals surface area contributed by atoms with Crippen molar-refractivity contribution in [2.24, 2.45) is 0 Å². The number of aliphatic carboxylic acids is 1. The third-order valence-electron chi connectivity index (χ3n) is 3.80. The van der Waals surface area contributed by atoms with Crippen LogP contribution < -0.4 is 0 Å². The molecule has 23 heavy (non-hydrogen) atoms. The number of carbonyl (C=O) groups excluding carboxylic acids is 1. The van der Waals surface area contributed by atoms with Crippen LogP contribution in [0.2, 0.25) is 0 Å². The van der Waals surface area contributed by atoms with E-state index in [4.69, 9.17) is 5.11 Å². The Kier molecular flexibility index (Phi) is 5.16. The smallest absolute Gasteiger partial charge is 0.323 e. The fourth-order valence-corrected chi connectivity index (χ4v) is 2.35. The summed E-state index contributed by atoms with van der Waals surface area (Å²) in [5.74, 6) is -1.39. The number of amides is 1. The van der Waals surface area contributed by atoms with Gasteiger partial charge in [-0.3, -0.25) is 9.59 Å². The van der Waals surface area contributed by atoms with Crippen molar-refractivity contribution < 1.29 is 14.7 Å². The molecule has 0 aliphatic rings. The molecule has 1 heterocycles. The average Bonchev–Trinajstić information content (AvgIpc) is 2.93. The minimum atomic E-state index is -1.03. The van der Waals surface area contributed by atoms with Crippen LogP contribution >= 0.6 is 0 Å². The first-order chi connectivity index (χ1) is 10.9. The summed E-state index contributed by atoms with van der Waals surface area (Å²) in [6.45, 7) is 5.29. The van der Waals surface area contributed by atoms with E-state index < -0.39 is 5.97 Å². The van der Waals surface area contributed by atoms with Crippen LogP contribution in [0.3, 0.4) is 0 Å². The lowest BCUT2D eigenvalue weighted by Gasteiger charge is -2.26. The van der Waals surface area contributed by atoms with Crippen molar-refractivity contribution in [3.8, 4) is 5.69 Å². The Morgan fingerprint density at radius 3 is 2.52 bits per heavy atom. The highest BCUT2D eigenvalue weighted by atomic mass is 16.4. The van der Waals surface area contributed by atoms with Gasteiger partial charge in [-0.15, -0.1) is 0 Å². The molecule has 0 bridgehead atoms. The third kappa shape index (κ3) is 3.77. The molecule has 0 saturated carbocycles. The van der Waals surface area contributed by atoms with Gasteiger partial charge in [-0.1, -0.05) is 25.1 Å². The fourth-order valence-electron chi connectivity index (χ4n) is 2.35. The number of carbonyl (C=O) groups is 2. The maximum Gasteiger partial charge on any atom is 0.323 e. The quantitative estimate of drug-likeness (QED) is 0.888. The summed E-state index contributed by atoms with van der Waals surface area (Å²) >= 11 is 0. The summed E-state index contributed by atoms with van der Waals surface area (Å²) in [5.41, 5.74) is 1.93. The highest BCUT2D eigenvalue weighted by Gasteiger charge is 2.25. The van der Waals surface area contributed by atoms with Crippen molar-refractivity contribution in [2.75, 3.05) is 6.54 Å². The van der Waals surface area contributed by atoms with Gasteiger partial charge in [0, 0.05) is 11.7 Å². The zero-order valence-electron chi connectivity index (χ0n) is 13.6. The first-order valence-corrected chi connectivity index (χ1v) is 7.59. The second kappa shape index (κ2) is 7.09. The molecule has 1 N–H and O–H groups in total. The number of aromatic nitrogens is 2. The van der Waals surface area contributed by atoms with E-state index in [1.165, 1.54) is 4.90 Å². The standard InChI is InChI=1S/C17H21N3O3/c1-4-12(2)19(11-16(21)22)17(23)15-10-13(3)20(18-15)14-8-6-5-7-9-14/h5-10,12H,4,11H2,1-3H3,(H,21,22). The number of aryl methyl sites for hydroxylation is 1. The normalized spacial score (nSPS) is 12.0. The lowest BCUT2D eigenvalue weighted by atomic mass is 10.2. The summed E-state index contributed by atoms with van der Waals surface area (Å²) in [4.78, 5) is 25.1. The molecular formula is C17H21N3O3. The van der Waals surface area contributed by atoms with E-state index in [0.29, 0.717) is 6.42 Å². The topological polar surface area (TPSA) is 75.4 Å². The molecule has 1 unspecified atom stereocenters. The number of para-hydroxylation sites is 1. The predicted octanol–water partition coefficient (Wildman–Crippen LogP) is 2.51. The highest BCUT2D eigenvalue weighted by molar-refractivity contribution is 5.94. The molecule has 0 radical (unpaired) electrons. The Hall–Kier alpha value is -2.63. The van der Waals surface area contributed by atoms with Crippen LogP contribution in [-0.4, -0.2) is 44.3 Å². The maximum atomic E-state index is 12.7. The first kappa shape index (κ1) is 16.7. The number of carboxylic acid groups (broad SMARTS) is 1. The summed E-state index contributed by atoms with van der Waals surface area (Å²) in [6, 6.07) is 11.0. The van der Waals surface area contributed by atoms with Crippen LogP contribution in [0.4, 0.5) is 0 Å². The average molecular weight is 315 g/mol. The monoisotopic (exact) mass is 315 g/mol. The first-order valence-electron chi connectivity index (χ1n) is 7.59. The Bertz CT molecular complexity index is 694. The molecule has 1 amide bonds. The van der Waals surface area contributed by atoms with E-state index in [1.807, 2.05) is 51.1 Å². The van der Waals surface area contributed by atoms with Crippen molar-refractivity contribution in [3.63, 3.8) is 0 Å². The molecule has 6 heteroatoms. The van der Waals surface area contributed by atoms with Crippen LogP contribution in [0.15, 0.2) is 36.4 Å². The Morgan fingerprint density at radius 1 is 1.30 bits per heavy atom. The van der Waals surface area contributed by atoms with E-state index >= 15 is 0 Å². The molecule has 0 fully saturated rings. The van der Waals surface area contributed by atoms with Gasteiger partial charge in [0.1, 0.15) is 6.54 Å². The van der Waals surface area contributed by atoms with Gasteiger partial charge in [0.15, 0.2) is 5.69 Å². The molecule has 0 aliphatic carbocycles. The minimum Gasteiger partial charge on any atom is -0.480 e. The maximum absolute atomic E-state index is 12.7. The van der Waals surface area contributed by atoms with Crippen LogP contribution in [0.25, 0.3) is 5.69 Å². The molecule has 0 saturated heterocycles. The number of carboxylic acids is 1. The van der Waals surface area contributed by atoms with Gasteiger partial charge in [-0.05, 0) is 38.5 Å². The molecule has 0 spiro atoms. The number of hydrogen-bond donors (Lipinski definition) is 1. The molecule has 2 rings (SSSR count).